The fraction of sp³-hybridized carbons (Fsp3) is 0.0588. The number of hydrogen-bond acceptors (Lipinski definition) is 6. The minimum Gasteiger partial charge on any atom is -0.478 e. The van der Waals surface area contributed by atoms with Gasteiger partial charge < -0.3 is 14.9 Å². The van der Waals surface area contributed by atoms with Gasteiger partial charge in [-0.1, -0.05) is 24.3 Å². The summed E-state index contributed by atoms with van der Waals surface area (Å²) in [7, 11) is 1.13. The van der Waals surface area contributed by atoms with Gasteiger partial charge in [0.25, 0.3) is 0 Å². The summed E-state index contributed by atoms with van der Waals surface area (Å²) in [6.07, 6.45) is 0. The van der Waals surface area contributed by atoms with Gasteiger partial charge in [0.05, 0.1) is 29.6 Å². The van der Waals surface area contributed by atoms with E-state index >= 15 is 0 Å². The number of nitrogens with zero attached hydrogens (tertiary/aromatic N) is 1. The maximum atomic E-state index is 11.9. The van der Waals surface area contributed by atoms with Gasteiger partial charge in [-0.2, -0.15) is 0 Å². The molecule has 2 aromatic carbocycles. The molecule has 0 atom stereocenters. The largest absolute Gasteiger partial charge is 0.478 e. The van der Waals surface area contributed by atoms with E-state index in [-0.39, 0.29) is 28.3 Å². The summed E-state index contributed by atoms with van der Waals surface area (Å²) >= 11 is 0. The van der Waals surface area contributed by atoms with E-state index in [0.717, 1.165) is 7.11 Å². The lowest BCUT2D eigenvalue weighted by Crippen LogP contribution is -2.36. The molecule has 0 heterocycles. The minimum atomic E-state index is -1.21. The second-order valence-electron chi connectivity index (χ2n) is 4.88. The van der Waals surface area contributed by atoms with Gasteiger partial charge in [0, 0.05) is 0 Å². The van der Waals surface area contributed by atoms with E-state index < -0.39 is 17.9 Å². The lowest BCUT2D eigenvalue weighted by molar-refractivity contribution is -0.132. The van der Waals surface area contributed by atoms with Crippen LogP contribution in [-0.4, -0.2) is 41.1 Å². The second-order valence-corrected chi connectivity index (χ2v) is 4.88. The molecule has 0 saturated carbocycles. The van der Waals surface area contributed by atoms with E-state index in [1.54, 1.807) is 18.2 Å². The summed E-state index contributed by atoms with van der Waals surface area (Å²) in [5.74, 6) is -3.59. The molecule has 2 aromatic rings. The highest BCUT2D eigenvalue weighted by Crippen LogP contribution is 2.19. The third kappa shape index (κ3) is 4.35. The average Bonchev–Trinajstić information content (AvgIpc) is 2.64. The van der Waals surface area contributed by atoms with Crippen molar-refractivity contribution >= 4 is 35.1 Å². The Hall–Kier alpha value is -3.88. The number of nitrogens with one attached hydrogen (secondary N) is 2. The van der Waals surface area contributed by atoms with Crippen LogP contribution in [0.3, 0.4) is 0 Å². The number of carboxylic acid groups (broad SMARTS) is 2. The maximum Gasteiger partial charge on any atom is 0.375 e. The summed E-state index contributed by atoms with van der Waals surface area (Å²) in [6, 6.07) is 11.8. The van der Waals surface area contributed by atoms with E-state index in [1.807, 2.05) is 0 Å². The molecule has 0 aliphatic rings. The quantitative estimate of drug-likeness (QED) is 0.276. The number of aromatic carboxylic acids is 2. The highest BCUT2D eigenvalue weighted by molar-refractivity contribution is 6.36. The number of amidine groups is 1. The molecule has 9 heteroatoms. The number of para-hydroxylation sites is 2. The molecule has 0 aromatic heterocycles. The van der Waals surface area contributed by atoms with E-state index in [2.05, 4.69) is 20.6 Å². The van der Waals surface area contributed by atoms with Gasteiger partial charge in [-0.15, -0.1) is 0 Å². The molecule has 0 unspecified atom stereocenters. The van der Waals surface area contributed by atoms with Crippen LogP contribution in [0.15, 0.2) is 53.5 Å². The molecule has 0 radical (unpaired) electrons. The molecule has 2 rings (SSSR count). The Morgan fingerprint density at radius 2 is 1.50 bits per heavy atom. The number of rotatable bonds is 5. The van der Waals surface area contributed by atoms with Crippen LogP contribution in [0.1, 0.15) is 20.7 Å². The van der Waals surface area contributed by atoms with Gasteiger partial charge in [-0.25, -0.2) is 19.4 Å². The van der Waals surface area contributed by atoms with Crippen LogP contribution in [0.4, 0.5) is 11.4 Å². The first kappa shape index (κ1) is 18.5. The first-order chi connectivity index (χ1) is 12.4. The van der Waals surface area contributed by atoms with Crippen molar-refractivity contribution in [3.05, 3.63) is 59.7 Å². The number of anilines is 1. The number of ether oxygens (including phenoxy) is 1. The molecule has 134 valence electrons. The number of carboxylic acids is 2. The molecule has 0 spiro atoms. The Balaban J connectivity index is 2.34. The van der Waals surface area contributed by atoms with Crippen molar-refractivity contribution in [1.29, 1.82) is 0 Å². The minimum absolute atomic E-state index is 0.0289. The summed E-state index contributed by atoms with van der Waals surface area (Å²) in [4.78, 5) is 38.4. The van der Waals surface area contributed by atoms with E-state index in [0.29, 0.717) is 0 Å². The van der Waals surface area contributed by atoms with Crippen LogP contribution < -0.4 is 10.9 Å². The molecule has 9 nitrogen and oxygen atoms in total. The van der Waals surface area contributed by atoms with Gasteiger partial charge in [0.15, 0.2) is 0 Å². The number of aliphatic imine (C=N–C) groups is 1. The zero-order valence-electron chi connectivity index (χ0n) is 13.6. The monoisotopic (exact) mass is 357 g/mol. The standard InChI is InChI=1S/C17H15N3O6/c1-26-17(25)14(18-12-8-4-2-6-10(12)15(21)22)20-19-13-9-5-3-7-11(13)16(23)24/h2-9,19H,1H3,(H,18,20)(H,21,22)(H,23,24). The normalized spacial score (nSPS) is 10.7. The van der Waals surface area contributed by atoms with Gasteiger partial charge in [-0.3, -0.25) is 10.9 Å². The first-order valence-electron chi connectivity index (χ1n) is 7.27. The number of hydrazine groups is 1. The smallest absolute Gasteiger partial charge is 0.375 e. The van der Waals surface area contributed by atoms with E-state index in [9.17, 15) is 19.5 Å². The van der Waals surface area contributed by atoms with Crippen molar-refractivity contribution in [2.45, 2.75) is 0 Å². The van der Waals surface area contributed by atoms with Gasteiger partial charge in [-0.05, 0) is 24.3 Å². The van der Waals surface area contributed by atoms with Crippen LogP contribution in [0.2, 0.25) is 0 Å². The fourth-order valence-electron chi connectivity index (χ4n) is 2.00. The molecule has 0 amide bonds. The van der Waals surface area contributed by atoms with E-state index in [1.165, 1.54) is 30.3 Å². The summed E-state index contributed by atoms with van der Waals surface area (Å²) in [5.41, 5.74) is 5.11. The third-order valence-corrected chi connectivity index (χ3v) is 3.22. The Morgan fingerprint density at radius 3 is 2.12 bits per heavy atom. The van der Waals surface area contributed by atoms with Crippen molar-refractivity contribution in [1.82, 2.24) is 5.43 Å². The molecule has 4 N–H and O–H groups in total. The van der Waals surface area contributed by atoms with Crippen molar-refractivity contribution < 1.29 is 29.3 Å². The van der Waals surface area contributed by atoms with Crippen molar-refractivity contribution in [2.24, 2.45) is 4.99 Å². The lowest BCUT2D eigenvalue weighted by Gasteiger charge is -2.13. The average molecular weight is 357 g/mol. The topological polar surface area (TPSA) is 137 Å². The van der Waals surface area contributed by atoms with Crippen LogP contribution in [0, 0.1) is 0 Å². The molecular weight excluding hydrogens is 342 g/mol. The Labute approximate surface area is 147 Å². The summed E-state index contributed by atoms with van der Waals surface area (Å²) < 4.78 is 4.62. The number of methoxy groups -OCH3 is 1. The molecule has 0 aliphatic carbocycles. The molecule has 0 saturated heterocycles. The van der Waals surface area contributed by atoms with Crippen LogP contribution in [-0.2, 0) is 9.53 Å². The predicted octanol–water partition coefficient (Wildman–Crippen LogP) is 1.90. The van der Waals surface area contributed by atoms with Gasteiger partial charge >= 0.3 is 17.9 Å². The second kappa shape index (κ2) is 8.29. The highest BCUT2D eigenvalue weighted by atomic mass is 16.5. The number of benzene rings is 2. The van der Waals surface area contributed by atoms with Crippen LogP contribution in [0.5, 0.6) is 0 Å². The van der Waals surface area contributed by atoms with Gasteiger partial charge in [0.2, 0.25) is 5.84 Å². The van der Waals surface area contributed by atoms with Crippen LogP contribution in [0.25, 0.3) is 0 Å². The summed E-state index contributed by atoms with van der Waals surface area (Å²) in [6.45, 7) is 0. The summed E-state index contributed by atoms with van der Waals surface area (Å²) in [5, 5.41) is 18.4. The Bertz CT molecular complexity index is 878. The fourth-order valence-corrected chi connectivity index (χ4v) is 2.00. The predicted molar refractivity (Wildman–Crippen MR) is 92.7 cm³/mol. The zero-order chi connectivity index (χ0) is 19.1. The van der Waals surface area contributed by atoms with E-state index in [4.69, 9.17) is 5.11 Å². The highest BCUT2D eigenvalue weighted by Gasteiger charge is 2.16. The maximum absolute atomic E-state index is 11.9. The molecule has 0 fully saturated rings. The number of hydrogen-bond donors (Lipinski definition) is 4. The Kier molecular flexibility index (Phi) is 5.88. The molecule has 0 aliphatic heterocycles. The molecule has 26 heavy (non-hydrogen) atoms. The number of esters is 1. The number of carbonyl (C=O) groups is 3. The van der Waals surface area contributed by atoms with Crippen molar-refractivity contribution in [3.63, 3.8) is 0 Å². The zero-order valence-corrected chi connectivity index (χ0v) is 13.6. The van der Waals surface area contributed by atoms with Gasteiger partial charge in [0.1, 0.15) is 0 Å². The Morgan fingerprint density at radius 1 is 0.923 bits per heavy atom. The molecule has 0 bridgehead atoms. The van der Waals surface area contributed by atoms with Crippen molar-refractivity contribution in [3.8, 4) is 0 Å². The first-order valence-corrected chi connectivity index (χ1v) is 7.27. The SMILES string of the molecule is COC(=O)C(=Nc1ccccc1C(=O)O)NNc1ccccc1C(=O)O. The molecular formula is C17H15N3O6. The van der Waals surface area contributed by atoms with Crippen molar-refractivity contribution in [2.75, 3.05) is 12.5 Å². The lowest BCUT2D eigenvalue weighted by atomic mass is 10.2. The van der Waals surface area contributed by atoms with Crippen LogP contribution >= 0.6 is 0 Å². The number of carbonyl (C=O) groups excluding carboxylic acids is 1. The third-order valence-electron chi connectivity index (χ3n) is 3.22.